The lowest BCUT2D eigenvalue weighted by Gasteiger charge is -2.06. The van der Waals surface area contributed by atoms with Crippen molar-refractivity contribution in [1.82, 2.24) is 9.78 Å². The zero-order valence-corrected chi connectivity index (χ0v) is 12.3. The normalized spacial score (nSPS) is 11.5. The fraction of sp³-hybridized carbons (Fsp3) is 0.182. The zero-order valence-electron chi connectivity index (χ0n) is 9.97. The van der Waals surface area contributed by atoms with Crippen LogP contribution in [0.25, 0.3) is 0 Å². The Morgan fingerprint density at radius 1 is 1.32 bits per heavy atom. The molecule has 0 aliphatic heterocycles. The SMILES string of the molecule is CS(=O)(=O)Nc1cnn(Cc2c(Cl)cccc2Cl)c1. The number of rotatable bonds is 4. The maximum Gasteiger partial charge on any atom is 0.229 e. The fourth-order valence-corrected chi connectivity index (χ4v) is 2.61. The second-order valence-corrected chi connectivity index (χ2v) is 6.56. The van der Waals surface area contributed by atoms with Gasteiger partial charge in [0.1, 0.15) is 0 Å². The van der Waals surface area contributed by atoms with Crippen molar-refractivity contribution in [3.8, 4) is 0 Å². The maximum absolute atomic E-state index is 11.1. The van der Waals surface area contributed by atoms with Crippen molar-refractivity contribution in [2.24, 2.45) is 0 Å². The third-order valence-corrected chi connectivity index (χ3v) is 3.63. The first-order chi connectivity index (χ1) is 8.85. The molecule has 0 aliphatic carbocycles. The quantitative estimate of drug-likeness (QED) is 0.942. The van der Waals surface area contributed by atoms with Crippen molar-refractivity contribution in [3.05, 3.63) is 46.2 Å². The summed E-state index contributed by atoms with van der Waals surface area (Å²) in [4.78, 5) is 0. The number of aromatic nitrogens is 2. The van der Waals surface area contributed by atoms with Gasteiger partial charge in [0, 0.05) is 21.8 Å². The van der Waals surface area contributed by atoms with Crippen LogP contribution in [0.3, 0.4) is 0 Å². The molecule has 1 N–H and O–H groups in total. The molecule has 1 aromatic heterocycles. The molecular formula is C11H11Cl2N3O2S. The average Bonchev–Trinajstić information content (AvgIpc) is 2.69. The van der Waals surface area contributed by atoms with E-state index in [0.717, 1.165) is 11.8 Å². The van der Waals surface area contributed by atoms with E-state index in [9.17, 15) is 8.42 Å². The van der Waals surface area contributed by atoms with Crippen LogP contribution in [0.15, 0.2) is 30.6 Å². The highest BCUT2D eigenvalue weighted by Crippen LogP contribution is 2.25. The predicted octanol–water partition coefficient (Wildman–Crippen LogP) is 2.61. The number of hydrogen-bond donors (Lipinski definition) is 1. The smallest absolute Gasteiger partial charge is 0.229 e. The Hall–Kier alpha value is -1.24. The Morgan fingerprint density at radius 3 is 2.53 bits per heavy atom. The summed E-state index contributed by atoms with van der Waals surface area (Å²) in [6.07, 6.45) is 4.07. The lowest BCUT2D eigenvalue weighted by molar-refractivity contribution is 0.607. The standard InChI is InChI=1S/C11H11Cl2N3O2S/c1-19(17,18)15-8-5-14-16(6-8)7-9-10(12)3-2-4-11(9)13/h2-6,15H,7H2,1H3. The van der Waals surface area contributed by atoms with Gasteiger partial charge in [-0.3, -0.25) is 9.40 Å². The number of anilines is 1. The second kappa shape index (κ2) is 5.40. The highest BCUT2D eigenvalue weighted by Gasteiger charge is 2.08. The summed E-state index contributed by atoms with van der Waals surface area (Å²) < 4.78 is 26.1. The van der Waals surface area contributed by atoms with E-state index in [1.807, 2.05) is 0 Å². The largest absolute Gasteiger partial charge is 0.281 e. The van der Waals surface area contributed by atoms with Crippen LogP contribution in [0.5, 0.6) is 0 Å². The van der Waals surface area contributed by atoms with Gasteiger partial charge in [0.15, 0.2) is 0 Å². The first kappa shape index (κ1) is 14.2. The minimum atomic E-state index is -3.31. The molecule has 0 bridgehead atoms. The summed E-state index contributed by atoms with van der Waals surface area (Å²) >= 11 is 12.1. The van der Waals surface area contributed by atoms with Crippen molar-refractivity contribution in [1.29, 1.82) is 0 Å². The molecule has 0 unspecified atom stereocenters. The molecule has 5 nitrogen and oxygen atoms in total. The highest BCUT2D eigenvalue weighted by molar-refractivity contribution is 7.92. The van der Waals surface area contributed by atoms with E-state index < -0.39 is 10.0 Å². The summed E-state index contributed by atoms with van der Waals surface area (Å²) in [6.45, 7) is 0.365. The maximum atomic E-state index is 11.1. The molecule has 0 saturated heterocycles. The van der Waals surface area contributed by atoms with Crippen molar-refractivity contribution in [3.63, 3.8) is 0 Å². The summed E-state index contributed by atoms with van der Waals surface area (Å²) in [7, 11) is -3.31. The van der Waals surface area contributed by atoms with Crippen molar-refractivity contribution < 1.29 is 8.42 Å². The molecule has 0 aliphatic rings. The van der Waals surface area contributed by atoms with E-state index in [2.05, 4.69) is 9.82 Å². The molecule has 1 aromatic carbocycles. The third-order valence-electron chi connectivity index (χ3n) is 2.32. The Bertz CT molecular complexity index is 677. The average molecular weight is 320 g/mol. The van der Waals surface area contributed by atoms with Crippen LogP contribution < -0.4 is 4.72 Å². The van der Waals surface area contributed by atoms with E-state index in [-0.39, 0.29) is 0 Å². The van der Waals surface area contributed by atoms with Crippen LogP contribution in [0.2, 0.25) is 10.0 Å². The topological polar surface area (TPSA) is 64.0 Å². The van der Waals surface area contributed by atoms with Gasteiger partial charge in [-0.15, -0.1) is 0 Å². The number of halogens is 2. The van der Waals surface area contributed by atoms with Crippen LogP contribution in [-0.2, 0) is 16.6 Å². The summed E-state index contributed by atoms with van der Waals surface area (Å²) in [6, 6.07) is 5.23. The molecule has 0 amide bonds. The molecule has 0 saturated carbocycles. The number of hydrogen-bond acceptors (Lipinski definition) is 3. The zero-order chi connectivity index (χ0) is 14.0. The third kappa shape index (κ3) is 3.86. The van der Waals surface area contributed by atoms with Gasteiger partial charge in [-0.05, 0) is 12.1 Å². The molecule has 0 fully saturated rings. The number of benzene rings is 1. The van der Waals surface area contributed by atoms with E-state index in [0.29, 0.717) is 22.3 Å². The number of sulfonamides is 1. The van der Waals surface area contributed by atoms with Crippen molar-refractivity contribution in [2.45, 2.75) is 6.54 Å². The Morgan fingerprint density at radius 2 is 1.95 bits per heavy atom. The minimum Gasteiger partial charge on any atom is -0.281 e. The molecular weight excluding hydrogens is 309 g/mol. The fourth-order valence-electron chi connectivity index (χ4n) is 1.56. The van der Waals surface area contributed by atoms with Gasteiger partial charge >= 0.3 is 0 Å². The first-order valence-electron chi connectivity index (χ1n) is 5.28. The molecule has 2 aromatic rings. The molecule has 1 heterocycles. The summed E-state index contributed by atoms with van der Waals surface area (Å²) in [5, 5.41) is 5.13. The van der Waals surface area contributed by atoms with Crippen LogP contribution >= 0.6 is 23.2 Å². The molecule has 0 radical (unpaired) electrons. The Balaban J connectivity index is 2.21. The lowest BCUT2D eigenvalue weighted by Crippen LogP contribution is -2.08. The van der Waals surface area contributed by atoms with E-state index in [4.69, 9.17) is 23.2 Å². The van der Waals surface area contributed by atoms with Gasteiger partial charge < -0.3 is 0 Å². The minimum absolute atomic E-state index is 0.365. The second-order valence-electron chi connectivity index (χ2n) is 4.00. The van der Waals surface area contributed by atoms with Gasteiger partial charge in [-0.1, -0.05) is 29.3 Å². The van der Waals surface area contributed by atoms with E-state index >= 15 is 0 Å². The Kier molecular flexibility index (Phi) is 4.03. The lowest BCUT2D eigenvalue weighted by atomic mass is 10.2. The molecule has 19 heavy (non-hydrogen) atoms. The molecule has 0 atom stereocenters. The number of nitrogens with zero attached hydrogens (tertiary/aromatic N) is 2. The molecule has 0 spiro atoms. The monoisotopic (exact) mass is 319 g/mol. The van der Waals surface area contributed by atoms with Gasteiger partial charge in [-0.25, -0.2) is 8.42 Å². The van der Waals surface area contributed by atoms with Crippen LogP contribution in [0.1, 0.15) is 5.56 Å². The summed E-state index contributed by atoms with van der Waals surface area (Å²) in [5.41, 5.74) is 1.13. The molecule has 102 valence electrons. The molecule has 2 rings (SSSR count). The van der Waals surface area contributed by atoms with Gasteiger partial charge in [0.2, 0.25) is 10.0 Å². The van der Waals surface area contributed by atoms with Gasteiger partial charge in [0.25, 0.3) is 0 Å². The summed E-state index contributed by atoms with van der Waals surface area (Å²) in [5.74, 6) is 0. The number of nitrogens with one attached hydrogen (secondary N) is 1. The molecule has 8 heteroatoms. The van der Waals surface area contributed by atoms with Gasteiger partial charge in [0.05, 0.1) is 24.7 Å². The predicted molar refractivity (Wildman–Crippen MR) is 76.3 cm³/mol. The van der Waals surface area contributed by atoms with Crippen LogP contribution in [0, 0.1) is 0 Å². The van der Waals surface area contributed by atoms with Crippen LogP contribution in [0.4, 0.5) is 5.69 Å². The Labute approximate surface area is 121 Å². The van der Waals surface area contributed by atoms with E-state index in [1.54, 1.807) is 29.1 Å². The van der Waals surface area contributed by atoms with Crippen molar-refractivity contribution >= 4 is 38.9 Å². The highest BCUT2D eigenvalue weighted by atomic mass is 35.5. The van der Waals surface area contributed by atoms with E-state index in [1.165, 1.54) is 6.20 Å². The van der Waals surface area contributed by atoms with Gasteiger partial charge in [-0.2, -0.15) is 5.10 Å². The van der Waals surface area contributed by atoms with Crippen molar-refractivity contribution in [2.75, 3.05) is 11.0 Å². The van der Waals surface area contributed by atoms with Crippen LogP contribution in [-0.4, -0.2) is 24.5 Å². The first-order valence-corrected chi connectivity index (χ1v) is 7.93.